The number of hydrogen-bond acceptors (Lipinski definition) is 2. The summed E-state index contributed by atoms with van der Waals surface area (Å²) in [5.74, 6) is 0.207. The van der Waals surface area contributed by atoms with Crippen molar-refractivity contribution in [2.75, 3.05) is 6.54 Å². The van der Waals surface area contributed by atoms with Gasteiger partial charge in [0.15, 0.2) is 5.78 Å². The van der Waals surface area contributed by atoms with Crippen LogP contribution in [-0.2, 0) is 11.2 Å². The van der Waals surface area contributed by atoms with E-state index in [-0.39, 0.29) is 11.8 Å². The molecule has 23 heavy (non-hydrogen) atoms. The molecule has 3 rings (SSSR count). The normalized spacial score (nSPS) is 17.6. The Morgan fingerprint density at radius 1 is 1.13 bits per heavy atom. The molecule has 0 saturated carbocycles. The zero-order valence-corrected chi connectivity index (χ0v) is 14.8. The molecule has 1 aliphatic rings. The molecule has 0 amide bonds. The molecule has 118 valence electrons. The average molecular weight is 370 g/mol. The molecule has 0 aliphatic carbocycles. The van der Waals surface area contributed by atoms with Crippen molar-refractivity contribution in [3.8, 4) is 0 Å². The number of carbonyl (C=O) groups excluding carboxylic acids is 1. The van der Waals surface area contributed by atoms with E-state index in [1.54, 1.807) is 6.08 Å². The fraction of sp³-hybridized carbons (Fsp3) is 0.250. The maximum Gasteiger partial charge on any atom is 0.159 e. The van der Waals surface area contributed by atoms with Crippen LogP contribution in [0.5, 0.6) is 0 Å². The third-order valence-electron chi connectivity index (χ3n) is 4.37. The molecule has 0 spiro atoms. The molecule has 2 aromatic rings. The van der Waals surface area contributed by atoms with E-state index in [2.05, 4.69) is 70.2 Å². The molecule has 0 aromatic heterocycles. The van der Waals surface area contributed by atoms with Crippen LogP contribution in [0, 0.1) is 6.92 Å². The van der Waals surface area contributed by atoms with Gasteiger partial charge in [-0.05, 0) is 48.2 Å². The standard InChI is InChI=1S/C20H20BrNO/c1-15-4-2-3-5-19(15)20-14-18(23)11-13-22(20)12-10-16-6-8-17(21)9-7-16/h2-9,11,13,20H,10,12,14H2,1H3/t20-/m1/s1. The van der Waals surface area contributed by atoms with Crippen LogP contribution >= 0.6 is 15.9 Å². The first-order valence-electron chi connectivity index (χ1n) is 7.90. The summed E-state index contributed by atoms with van der Waals surface area (Å²) in [5, 5.41) is 0. The fourth-order valence-electron chi connectivity index (χ4n) is 3.05. The van der Waals surface area contributed by atoms with Crippen molar-refractivity contribution in [1.29, 1.82) is 0 Å². The van der Waals surface area contributed by atoms with E-state index in [0.29, 0.717) is 6.42 Å². The predicted octanol–water partition coefficient (Wildman–Crippen LogP) is 4.83. The van der Waals surface area contributed by atoms with Gasteiger partial charge in [0.2, 0.25) is 0 Å². The van der Waals surface area contributed by atoms with E-state index >= 15 is 0 Å². The first-order valence-corrected chi connectivity index (χ1v) is 8.69. The summed E-state index contributed by atoms with van der Waals surface area (Å²) in [5.41, 5.74) is 3.80. The molecule has 1 heterocycles. The Labute approximate surface area is 146 Å². The van der Waals surface area contributed by atoms with Crippen LogP contribution in [0.4, 0.5) is 0 Å². The zero-order chi connectivity index (χ0) is 16.2. The summed E-state index contributed by atoms with van der Waals surface area (Å²) >= 11 is 3.47. The van der Waals surface area contributed by atoms with Gasteiger partial charge in [-0.2, -0.15) is 0 Å². The zero-order valence-electron chi connectivity index (χ0n) is 13.2. The summed E-state index contributed by atoms with van der Waals surface area (Å²) in [7, 11) is 0. The Bertz CT molecular complexity index is 721. The number of ketones is 1. The molecule has 2 nitrogen and oxygen atoms in total. The number of hydrogen-bond donors (Lipinski definition) is 0. The van der Waals surface area contributed by atoms with E-state index in [9.17, 15) is 4.79 Å². The van der Waals surface area contributed by atoms with Gasteiger partial charge < -0.3 is 4.90 Å². The molecule has 0 fully saturated rings. The molecular weight excluding hydrogens is 350 g/mol. The summed E-state index contributed by atoms with van der Waals surface area (Å²) in [6.07, 6.45) is 5.19. The molecule has 0 unspecified atom stereocenters. The highest BCUT2D eigenvalue weighted by Gasteiger charge is 2.24. The molecule has 0 bridgehead atoms. The second-order valence-electron chi connectivity index (χ2n) is 5.97. The second-order valence-corrected chi connectivity index (χ2v) is 6.89. The maximum absolute atomic E-state index is 11.9. The van der Waals surface area contributed by atoms with Gasteiger partial charge in [0.25, 0.3) is 0 Å². The van der Waals surface area contributed by atoms with Gasteiger partial charge in [-0.15, -0.1) is 0 Å². The Kier molecular flexibility index (Phi) is 4.97. The SMILES string of the molecule is Cc1ccccc1[C@H]1CC(=O)C=CN1CCc1ccc(Br)cc1. The van der Waals surface area contributed by atoms with Crippen molar-refractivity contribution < 1.29 is 4.79 Å². The van der Waals surface area contributed by atoms with E-state index in [4.69, 9.17) is 0 Å². The van der Waals surface area contributed by atoms with Crippen LogP contribution in [0.25, 0.3) is 0 Å². The van der Waals surface area contributed by atoms with Gasteiger partial charge in [-0.25, -0.2) is 0 Å². The number of nitrogens with zero attached hydrogens (tertiary/aromatic N) is 1. The summed E-state index contributed by atoms with van der Waals surface area (Å²) in [6, 6.07) is 16.9. The van der Waals surface area contributed by atoms with E-state index in [0.717, 1.165) is 17.4 Å². The third kappa shape index (κ3) is 3.91. The fourth-order valence-corrected chi connectivity index (χ4v) is 3.31. The Morgan fingerprint density at radius 2 is 1.87 bits per heavy atom. The van der Waals surface area contributed by atoms with Crippen molar-refractivity contribution in [2.45, 2.75) is 25.8 Å². The van der Waals surface area contributed by atoms with Crippen LogP contribution in [0.15, 0.2) is 65.3 Å². The lowest BCUT2D eigenvalue weighted by atomic mass is 9.93. The van der Waals surface area contributed by atoms with E-state index in [1.807, 2.05) is 12.3 Å². The summed E-state index contributed by atoms with van der Waals surface area (Å²) < 4.78 is 1.10. The monoisotopic (exact) mass is 369 g/mol. The van der Waals surface area contributed by atoms with Crippen molar-refractivity contribution >= 4 is 21.7 Å². The molecule has 2 aromatic carbocycles. The Hall–Kier alpha value is -1.87. The maximum atomic E-state index is 11.9. The Morgan fingerprint density at radius 3 is 2.61 bits per heavy atom. The number of carbonyl (C=O) groups is 1. The molecule has 0 N–H and O–H groups in total. The molecular formula is C20H20BrNO. The van der Waals surface area contributed by atoms with Crippen molar-refractivity contribution in [3.05, 3.63) is 82.0 Å². The number of allylic oxidation sites excluding steroid dienone is 1. The molecule has 0 radical (unpaired) electrons. The third-order valence-corrected chi connectivity index (χ3v) is 4.89. The second kappa shape index (κ2) is 7.14. The minimum Gasteiger partial charge on any atom is -0.369 e. The smallest absolute Gasteiger partial charge is 0.159 e. The first kappa shape index (κ1) is 16.0. The number of aryl methyl sites for hydroxylation is 1. The highest BCUT2D eigenvalue weighted by atomic mass is 79.9. The van der Waals surface area contributed by atoms with Crippen LogP contribution in [0.3, 0.4) is 0 Å². The lowest BCUT2D eigenvalue weighted by Crippen LogP contribution is -2.31. The highest BCUT2D eigenvalue weighted by Crippen LogP contribution is 2.30. The quantitative estimate of drug-likeness (QED) is 0.768. The number of benzene rings is 2. The topological polar surface area (TPSA) is 20.3 Å². The van der Waals surface area contributed by atoms with E-state index < -0.39 is 0 Å². The molecule has 1 atom stereocenters. The minimum absolute atomic E-state index is 0.143. The summed E-state index contributed by atoms with van der Waals surface area (Å²) in [4.78, 5) is 14.2. The van der Waals surface area contributed by atoms with Gasteiger partial charge in [0, 0.05) is 23.6 Å². The lowest BCUT2D eigenvalue weighted by molar-refractivity contribution is -0.116. The number of halogens is 1. The van der Waals surface area contributed by atoms with E-state index in [1.165, 1.54) is 16.7 Å². The first-order chi connectivity index (χ1) is 11.1. The average Bonchev–Trinajstić information content (AvgIpc) is 2.56. The predicted molar refractivity (Wildman–Crippen MR) is 97.2 cm³/mol. The molecule has 0 saturated heterocycles. The van der Waals surface area contributed by atoms with Crippen molar-refractivity contribution in [1.82, 2.24) is 4.90 Å². The molecule has 3 heteroatoms. The Balaban J connectivity index is 1.78. The number of rotatable bonds is 4. The van der Waals surface area contributed by atoms with Crippen LogP contribution < -0.4 is 0 Å². The van der Waals surface area contributed by atoms with Gasteiger partial charge >= 0.3 is 0 Å². The largest absolute Gasteiger partial charge is 0.369 e. The van der Waals surface area contributed by atoms with Gasteiger partial charge in [0.05, 0.1) is 6.04 Å². The van der Waals surface area contributed by atoms with Gasteiger partial charge in [-0.1, -0.05) is 52.3 Å². The van der Waals surface area contributed by atoms with Gasteiger partial charge in [-0.3, -0.25) is 4.79 Å². The van der Waals surface area contributed by atoms with Crippen molar-refractivity contribution in [2.24, 2.45) is 0 Å². The van der Waals surface area contributed by atoms with Crippen LogP contribution in [0.1, 0.15) is 29.2 Å². The van der Waals surface area contributed by atoms with Crippen LogP contribution in [0.2, 0.25) is 0 Å². The van der Waals surface area contributed by atoms with Crippen molar-refractivity contribution in [3.63, 3.8) is 0 Å². The van der Waals surface area contributed by atoms with Crippen LogP contribution in [-0.4, -0.2) is 17.2 Å². The summed E-state index contributed by atoms with van der Waals surface area (Å²) in [6.45, 7) is 3.02. The lowest BCUT2D eigenvalue weighted by Gasteiger charge is -2.34. The highest BCUT2D eigenvalue weighted by molar-refractivity contribution is 9.10. The van der Waals surface area contributed by atoms with Gasteiger partial charge in [0.1, 0.15) is 0 Å². The molecule has 1 aliphatic heterocycles. The minimum atomic E-state index is 0.143.